The Hall–Kier alpha value is -0.820. The molecule has 1 aromatic carbocycles. The van der Waals surface area contributed by atoms with E-state index in [0.717, 1.165) is 3.57 Å². The van der Waals surface area contributed by atoms with Gasteiger partial charge in [-0.25, -0.2) is 4.79 Å². The average Bonchev–Trinajstić information content (AvgIpc) is 2.30. The van der Waals surface area contributed by atoms with Crippen molar-refractivity contribution in [2.45, 2.75) is 26.3 Å². The van der Waals surface area contributed by atoms with Crippen molar-refractivity contribution >= 4 is 46.1 Å². The van der Waals surface area contributed by atoms with Crippen molar-refractivity contribution in [3.63, 3.8) is 0 Å². The molecule has 0 aliphatic heterocycles. The van der Waals surface area contributed by atoms with E-state index in [1.807, 2.05) is 36.4 Å². The van der Waals surface area contributed by atoms with E-state index in [2.05, 4.69) is 5.32 Å². The summed E-state index contributed by atoms with van der Waals surface area (Å²) in [6.07, 6.45) is 0.387. The summed E-state index contributed by atoms with van der Waals surface area (Å²) in [6, 6.07) is 4.05. The average molecular weight is 396 g/mol. The molecule has 0 radical (unpaired) electrons. The van der Waals surface area contributed by atoms with Crippen molar-refractivity contribution in [2.24, 2.45) is 5.92 Å². The zero-order chi connectivity index (χ0) is 14.6. The van der Waals surface area contributed by atoms with Crippen LogP contribution in [0.5, 0.6) is 0 Å². The summed E-state index contributed by atoms with van der Waals surface area (Å²) in [5, 5.41) is 12.1. The number of aliphatic carboxylic acids is 1. The smallest absolute Gasteiger partial charge is 0.326 e. The number of carbonyl (C=O) groups excluding carboxylic acids is 1. The van der Waals surface area contributed by atoms with E-state index in [1.165, 1.54) is 6.07 Å². The summed E-state index contributed by atoms with van der Waals surface area (Å²) in [7, 11) is 0. The monoisotopic (exact) mass is 395 g/mol. The van der Waals surface area contributed by atoms with E-state index in [-0.39, 0.29) is 5.92 Å². The lowest BCUT2D eigenvalue weighted by molar-refractivity contribution is -0.139. The lowest BCUT2D eigenvalue weighted by atomic mass is 10.0. The molecule has 0 aliphatic rings. The van der Waals surface area contributed by atoms with Crippen molar-refractivity contribution in [1.82, 2.24) is 5.32 Å². The zero-order valence-corrected chi connectivity index (χ0v) is 13.5. The zero-order valence-electron chi connectivity index (χ0n) is 10.6. The lowest BCUT2D eigenvalue weighted by Crippen LogP contribution is -2.41. The van der Waals surface area contributed by atoms with Gasteiger partial charge in [0.25, 0.3) is 5.91 Å². The molecule has 1 rings (SSSR count). The van der Waals surface area contributed by atoms with E-state index in [1.54, 1.807) is 12.1 Å². The third-order valence-corrected chi connectivity index (χ3v) is 3.66. The number of amides is 1. The van der Waals surface area contributed by atoms with Gasteiger partial charge in [-0.1, -0.05) is 25.4 Å². The van der Waals surface area contributed by atoms with Crippen LogP contribution in [-0.2, 0) is 4.79 Å². The molecule has 19 heavy (non-hydrogen) atoms. The van der Waals surface area contributed by atoms with Crippen molar-refractivity contribution < 1.29 is 14.7 Å². The molecule has 0 saturated carbocycles. The minimum Gasteiger partial charge on any atom is -0.480 e. The molecule has 0 fully saturated rings. The van der Waals surface area contributed by atoms with Gasteiger partial charge in [0.05, 0.1) is 5.56 Å². The van der Waals surface area contributed by atoms with Crippen LogP contribution in [0.15, 0.2) is 18.2 Å². The molecule has 0 bridgehead atoms. The van der Waals surface area contributed by atoms with Gasteiger partial charge in [-0.05, 0) is 53.1 Å². The summed E-state index contributed by atoms with van der Waals surface area (Å²) in [6.45, 7) is 3.82. The van der Waals surface area contributed by atoms with Crippen LogP contribution < -0.4 is 5.32 Å². The van der Waals surface area contributed by atoms with Gasteiger partial charge in [0.15, 0.2) is 0 Å². The first-order chi connectivity index (χ1) is 8.81. The first kappa shape index (κ1) is 16.2. The molecule has 0 aliphatic carbocycles. The van der Waals surface area contributed by atoms with Crippen LogP contribution in [0.25, 0.3) is 0 Å². The van der Waals surface area contributed by atoms with E-state index in [4.69, 9.17) is 16.7 Å². The molecule has 0 spiro atoms. The second-order valence-corrected chi connectivity index (χ2v) is 6.22. The molecule has 0 aromatic heterocycles. The van der Waals surface area contributed by atoms with E-state index < -0.39 is 17.9 Å². The third kappa shape index (κ3) is 4.99. The SMILES string of the molecule is CC(C)C[C@H](NC(=O)c1cc(Cl)ccc1I)C(=O)O. The molecule has 4 nitrogen and oxygen atoms in total. The molecule has 104 valence electrons. The number of hydrogen-bond acceptors (Lipinski definition) is 2. The number of carbonyl (C=O) groups is 2. The highest BCUT2D eigenvalue weighted by Crippen LogP contribution is 2.18. The normalized spacial score (nSPS) is 12.3. The Kier molecular flexibility index (Phi) is 6.06. The van der Waals surface area contributed by atoms with Crippen molar-refractivity contribution in [1.29, 1.82) is 0 Å². The molecule has 0 unspecified atom stereocenters. The maximum Gasteiger partial charge on any atom is 0.326 e. The highest BCUT2D eigenvalue weighted by Gasteiger charge is 2.22. The van der Waals surface area contributed by atoms with Crippen molar-refractivity contribution in [3.8, 4) is 0 Å². The van der Waals surface area contributed by atoms with Crippen molar-refractivity contribution in [3.05, 3.63) is 32.4 Å². The topological polar surface area (TPSA) is 66.4 Å². The Morgan fingerprint density at radius 3 is 2.58 bits per heavy atom. The number of halogens is 2. The van der Waals surface area contributed by atoms with Crippen molar-refractivity contribution in [2.75, 3.05) is 0 Å². The van der Waals surface area contributed by atoms with Gasteiger partial charge in [-0.3, -0.25) is 4.79 Å². The van der Waals surface area contributed by atoms with E-state index >= 15 is 0 Å². The molecule has 1 atom stereocenters. The third-order valence-electron chi connectivity index (χ3n) is 2.48. The standard InChI is InChI=1S/C13H15ClINO3/c1-7(2)5-11(13(18)19)16-12(17)9-6-8(14)3-4-10(9)15/h3-4,6-7,11H,5H2,1-2H3,(H,16,17)(H,18,19)/t11-/m0/s1. The van der Waals surface area contributed by atoms with Crippen LogP contribution in [0.4, 0.5) is 0 Å². The molecule has 1 amide bonds. The van der Waals surface area contributed by atoms with Gasteiger partial charge in [0.1, 0.15) is 6.04 Å². The number of carboxylic acids is 1. The molecule has 2 N–H and O–H groups in total. The molecular formula is C13H15ClINO3. The van der Waals surface area contributed by atoms with Gasteiger partial charge in [0, 0.05) is 8.59 Å². The van der Waals surface area contributed by atoms with Crippen LogP contribution in [0.1, 0.15) is 30.6 Å². The fourth-order valence-corrected chi connectivity index (χ4v) is 2.35. The summed E-state index contributed by atoms with van der Waals surface area (Å²) < 4.78 is 0.730. The van der Waals surface area contributed by atoms with Gasteiger partial charge >= 0.3 is 5.97 Å². The number of hydrogen-bond donors (Lipinski definition) is 2. The van der Waals surface area contributed by atoms with E-state index in [9.17, 15) is 9.59 Å². The number of carboxylic acid groups (broad SMARTS) is 1. The maximum atomic E-state index is 12.1. The molecular weight excluding hydrogens is 381 g/mol. The number of nitrogens with one attached hydrogen (secondary N) is 1. The highest BCUT2D eigenvalue weighted by molar-refractivity contribution is 14.1. The fourth-order valence-electron chi connectivity index (χ4n) is 1.60. The quantitative estimate of drug-likeness (QED) is 0.753. The predicted molar refractivity (Wildman–Crippen MR) is 82.5 cm³/mol. The summed E-state index contributed by atoms with van der Waals surface area (Å²) in [4.78, 5) is 23.2. The number of rotatable bonds is 5. The molecule has 0 saturated heterocycles. The molecule has 0 heterocycles. The molecule has 1 aromatic rings. The summed E-state index contributed by atoms with van der Waals surface area (Å²) in [5.41, 5.74) is 0.392. The van der Waals surface area contributed by atoms with Crippen LogP contribution in [0, 0.1) is 9.49 Å². The minimum atomic E-state index is -1.03. The molecule has 6 heteroatoms. The van der Waals surface area contributed by atoms with Gasteiger partial charge in [0.2, 0.25) is 0 Å². The van der Waals surface area contributed by atoms with Gasteiger partial charge in [-0.2, -0.15) is 0 Å². The Labute approximate surface area is 130 Å². The minimum absolute atomic E-state index is 0.180. The Morgan fingerprint density at radius 1 is 1.42 bits per heavy atom. The Balaban J connectivity index is 2.87. The van der Waals surface area contributed by atoms with Crippen LogP contribution >= 0.6 is 34.2 Å². The highest BCUT2D eigenvalue weighted by atomic mass is 127. The summed E-state index contributed by atoms with van der Waals surface area (Å²) >= 11 is 7.86. The van der Waals surface area contributed by atoms with Crippen LogP contribution in [-0.4, -0.2) is 23.0 Å². The first-order valence-corrected chi connectivity index (χ1v) is 7.25. The predicted octanol–water partition coefficient (Wildman–Crippen LogP) is 3.17. The maximum absolute atomic E-state index is 12.1. The fraction of sp³-hybridized carbons (Fsp3) is 0.385. The summed E-state index contributed by atoms with van der Waals surface area (Å²) in [5.74, 6) is -1.26. The largest absolute Gasteiger partial charge is 0.480 e. The second kappa shape index (κ2) is 7.09. The Morgan fingerprint density at radius 2 is 2.05 bits per heavy atom. The van der Waals surface area contributed by atoms with E-state index in [0.29, 0.717) is 17.0 Å². The van der Waals surface area contributed by atoms with Gasteiger partial charge < -0.3 is 10.4 Å². The number of benzene rings is 1. The first-order valence-electron chi connectivity index (χ1n) is 5.80. The van der Waals surface area contributed by atoms with Gasteiger partial charge in [-0.15, -0.1) is 0 Å². The second-order valence-electron chi connectivity index (χ2n) is 4.62. The van der Waals surface area contributed by atoms with Crippen LogP contribution in [0.3, 0.4) is 0 Å². The van der Waals surface area contributed by atoms with Crippen LogP contribution in [0.2, 0.25) is 5.02 Å². The lowest BCUT2D eigenvalue weighted by Gasteiger charge is -2.17. The Bertz CT molecular complexity index is 491.